The summed E-state index contributed by atoms with van der Waals surface area (Å²) in [5, 5.41) is 0. The summed E-state index contributed by atoms with van der Waals surface area (Å²) in [7, 11) is 0. The topological polar surface area (TPSA) is 78.9 Å². The monoisotopic (exact) mass is 1060 g/mol. The Morgan fingerprint density at radius 3 is 0.855 bits per heavy atom. The van der Waals surface area contributed by atoms with Gasteiger partial charge in [0, 0.05) is 12.8 Å². The number of hydrogen-bond donors (Lipinski definition) is 0. The third-order valence-corrected chi connectivity index (χ3v) is 14.5. The van der Waals surface area contributed by atoms with Crippen LogP contribution in [0.5, 0.6) is 0 Å². The van der Waals surface area contributed by atoms with Crippen molar-refractivity contribution in [3.05, 3.63) is 72.9 Å². The van der Waals surface area contributed by atoms with Gasteiger partial charge in [-0.1, -0.05) is 318 Å². The lowest BCUT2D eigenvalue weighted by Gasteiger charge is -2.18. The molecule has 76 heavy (non-hydrogen) atoms. The Bertz CT molecular complexity index is 1400. The van der Waals surface area contributed by atoms with Crippen LogP contribution in [0.1, 0.15) is 335 Å². The van der Waals surface area contributed by atoms with Gasteiger partial charge in [-0.15, -0.1) is 0 Å². The first kappa shape index (κ1) is 72.8. The van der Waals surface area contributed by atoms with Gasteiger partial charge in [-0.25, -0.2) is 0 Å². The molecule has 0 aliphatic heterocycles. The number of carbonyl (C=O) groups excluding carboxylic acids is 3. The van der Waals surface area contributed by atoms with E-state index in [-0.39, 0.29) is 31.6 Å². The minimum Gasteiger partial charge on any atom is -0.462 e. The van der Waals surface area contributed by atoms with Crippen LogP contribution in [0.2, 0.25) is 0 Å². The van der Waals surface area contributed by atoms with Crippen molar-refractivity contribution >= 4 is 17.9 Å². The third kappa shape index (κ3) is 61.7. The molecule has 0 aromatic carbocycles. The SMILES string of the molecule is CC/C=C\C/C=C\C/C=C\C/C=C\C/C=C\CC(=O)OC(COC(=O)CCCCCCC/C=C\CCCCCCCC)COC(=O)CCCCCCCCCCCCCCCCCCCCCCCCCCCCCC. The fourth-order valence-electron chi connectivity index (χ4n) is 9.58. The van der Waals surface area contributed by atoms with Crippen LogP contribution in [0.25, 0.3) is 0 Å². The molecular weight excluding hydrogens is 937 g/mol. The quantitative estimate of drug-likeness (QED) is 0.0261. The van der Waals surface area contributed by atoms with Gasteiger partial charge in [-0.2, -0.15) is 0 Å². The molecule has 440 valence electrons. The molecule has 0 saturated heterocycles. The average molecular weight is 1060 g/mol. The van der Waals surface area contributed by atoms with Crippen molar-refractivity contribution in [3.8, 4) is 0 Å². The summed E-state index contributed by atoms with van der Waals surface area (Å²) < 4.78 is 16.8. The van der Waals surface area contributed by atoms with Crippen LogP contribution in [-0.4, -0.2) is 37.2 Å². The Hall–Kier alpha value is -3.15. The molecule has 0 saturated carbocycles. The van der Waals surface area contributed by atoms with E-state index < -0.39 is 12.1 Å². The smallest absolute Gasteiger partial charge is 0.310 e. The summed E-state index contributed by atoms with van der Waals surface area (Å²) in [5.41, 5.74) is 0. The van der Waals surface area contributed by atoms with Crippen molar-refractivity contribution in [3.63, 3.8) is 0 Å². The third-order valence-electron chi connectivity index (χ3n) is 14.5. The largest absolute Gasteiger partial charge is 0.462 e. The number of carbonyl (C=O) groups is 3. The Kier molecular flexibility index (Phi) is 61.7. The second-order valence-electron chi connectivity index (χ2n) is 22.0. The highest BCUT2D eigenvalue weighted by atomic mass is 16.6. The lowest BCUT2D eigenvalue weighted by Crippen LogP contribution is -2.30. The number of esters is 3. The molecule has 0 bridgehead atoms. The Labute approximate surface area is 472 Å². The summed E-state index contributed by atoms with van der Waals surface area (Å²) in [6.07, 6.45) is 83.9. The fourth-order valence-corrected chi connectivity index (χ4v) is 9.58. The van der Waals surface area contributed by atoms with Gasteiger partial charge in [0.2, 0.25) is 0 Å². The second-order valence-corrected chi connectivity index (χ2v) is 22.0. The predicted molar refractivity (Wildman–Crippen MR) is 330 cm³/mol. The molecular formula is C70H124O6. The number of rotatable bonds is 60. The molecule has 0 aliphatic rings. The van der Waals surface area contributed by atoms with Crippen LogP contribution in [0.4, 0.5) is 0 Å². The zero-order valence-corrected chi connectivity index (χ0v) is 50.5. The number of ether oxygens (including phenoxy) is 3. The maximum Gasteiger partial charge on any atom is 0.310 e. The Morgan fingerprint density at radius 1 is 0.289 bits per heavy atom. The van der Waals surface area contributed by atoms with E-state index in [0.717, 1.165) is 83.5 Å². The molecule has 0 amide bonds. The van der Waals surface area contributed by atoms with Crippen molar-refractivity contribution in [1.29, 1.82) is 0 Å². The summed E-state index contributed by atoms with van der Waals surface area (Å²) in [4.78, 5) is 38.2. The van der Waals surface area contributed by atoms with E-state index >= 15 is 0 Å². The van der Waals surface area contributed by atoms with E-state index in [1.165, 1.54) is 212 Å². The zero-order valence-electron chi connectivity index (χ0n) is 50.5. The molecule has 1 atom stereocenters. The van der Waals surface area contributed by atoms with Gasteiger partial charge in [0.25, 0.3) is 0 Å². The molecule has 0 aromatic rings. The van der Waals surface area contributed by atoms with Crippen LogP contribution in [0.15, 0.2) is 72.9 Å². The second kappa shape index (κ2) is 64.4. The summed E-state index contributed by atoms with van der Waals surface area (Å²) >= 11 is 0. The first-order valence-electron chi connectivity index (χ1n) is 32.9. The lowest BCUT2D eigenvalue weighted by molar-refractivity contribution is -0.166. The molecule has 0 radical (unpaired) electrons. The highest BCUT2D eigenvalue weighted by Crippen LogP contribution is 2.18. The normalized spacial score (nSPS) is 12.5. The first-order valence-corrected chi connectivity index (χ1v) is 32.9. The molecule has 0 spiro atoms. The molecule has 1 unspecified atom stereocenters. The van der Waals surface area contributed by atoms with Crippen LogP contribution >= 0.6 is 0 Å². The maximum absolute atomic E-state index is 12.8. The molecule has 0 aliphatic carbocycles. The first-order chi connectivity index (χ1) is 37.5. The highest BCUT2D eigenvalue weighted by molar-refractivity contribution is 5.72. The van der Waals surface area contributed by atoms with Gasteiger partial charge in [-0.3, -0.25) is 14.4 Å². The molecule has 0 rings (SSSR count). The van der Waals surface area contributed by atoms with Gasteiger partial charge < -0.3 is 14.2 Å². The van der Waals surface area contributed by atoms with E-state index in [1.807, 2.05) is 6.08 Å². The van der Waals surface area contributed by atoms with Gasteiger partial charge in [0.05, 0.1) is 6.42 Å². The van der Waals surface area contributed by atoms with Crippen LogP contribution < -0.4 is 0 Å². The van der Waals surface area contributed by atoms with Gasteiger partial charge in [-0.05, 0) is 70.6 Å². The van der Waals surface area contributed by atoms with E-state index in [0.29, 0.717) is 12.8 Å². The Morgan fingerprint density at radius 2 is 0.553 bits per heavy atom. The van der Waals surface area contributed by atoms with Gasteiger partial charge in [0.15, 0.2) is 6.10 Å². The van der Waals surface area contributed by atoms with E-state index in [1.54, 1.807) is 6.08 Å². The van der Waals surface area contributed by atoms with Crippen LogP contribution in [0.3, 0.4) is 0 Å². The number of allylic oxidation sites excluding steroid dienone is 11. The number of hydrogen-bond acceptors (Lipinski definition) is 6. The minimum absolute atomic E-state index is 0.0977. The van der Waals surface area contributed by atoms with Crippen LogP contribution in [0, 0.1) is 0 Å². The van der Waals surface area contributed by atoms with Crippen molar-refractivity contribution in [2.24, 2.45) is 0 Å². The molecule has 0 fully saturated rings. The van der Waals surface area contributed by atoms with Crippen molar-refractivity contribution in [2.75, 3.05) is 13.2 Å². The van der Waals surface area contributed by atoms with Crippen LogP contribution in [-0.2, 0) is 28.6 Å². The highest BCUT2D eigenvalue weighted by Gasteiger charge is 2.19. The molecule has 0 heterocycles. The minimum atomic E-state index is -0.832. The molecule has 0 N–H and O–H groups in total. The fraction of sp³-hybridized carbons (Fsp3) is 0.786. The summed E-state index contributed by atoms with van der Waals surface area (Å²) in [5.74, 6) is -1.04. The van der Waals surface area contributed by atoms with Crippen molar-refractivity contribution in [1.82, 2.24) is 0 Å². The van der Waals surface area contributed by atoms with Crippen molar-refractivity contribution < 1.29 is 28.6 Å². The van der Waals surface area contributed by atoms with Crippen molar-refractivity contribution in [2.45, 2.75) is 341 Å². The zero-order chi connectivity index (χ0) is 55.0. The standard InChI is InChI=1S/C70H124O6/c1-4-7-10-13-16-19-22-25-28-29-30-31-32-33-34-35-36-37-38-39-40-43-45-48-51-54-57-60-63-69(72)75-66-67(76-70(73)64-61-58-55-52-49-46-42-27-24-21-18-15-12-9-6-3)65-74-68(71)62-59-56-53-50-47-44-41-26-23-20-17-14-11-8-5-2/h9,12,18,21,26-27,41-42,49,52,58,61,67H,4-8,10-11,13-17,19-20,22-25,28-40,43-48,50-51,53-57,59-60,62-66H2,1-3H3/b12-9-,21-18-,41-26-,42-27-,52-49-,61-58-. The summed E-state index contributed by atoms with van der Waals surface area (Å²) in [6.45, 7) is 6.47. The molecule has 0 aromatic heterocycles. The number of unbranched alkanes of at least 4 members (excludes halogenated alkanes) is 38. The lowest BCUT2D eigenvalue weighted by atomic mass is 10.0. The predicted octanol–water partition coefficient (Wildman–Crippen LogP) is 22.5. The van der Waals surface area contributed by atoms with E-state index in [2.05, 4.69) is 81.5 Å². The van der Waals surface area contributed by atoms with E-state index in [9.17, 15) is 14.4 Å². The maximum atomic E-state index is 12.8. The Balaban J connectivity index is 4.27. The van der Waals surface area contributed by atoms with Gasteiger partial charge in [0.1, 0.15) is 13.2 Å². The molecule has 6 nitrogen and oxygen atoms in total. The molecule has 6 heteroatoms. The summed E-state index contributed by atoms with van der Waals surface area (Å²) in [6, 6.07) is 0. The average Bonchev–Trinajstić information content (AvgIpc) is 3.42. The van der Waals surface area contributed by atoms with Gasteiger partial charge >= 0.3 is 17.9 Å². The van der Waals surface area contributed by atoms with E-state index in [4.69, 9.17) is 14.2 Å².